The second kappa shape index (κ2) is 5.82. The molecule has 1 aromatic carbocycles. The number of aryl methyl sites for hydroxylation is 2. The van der Waals surface area contributed by atoms with Crippen LogP contribution >= 0.6 is 0 Å². The third-order valence-electron chi connectivity index (χ3n) is 3.82. The van der Waals surface area contributed by atoms with Crippen LogP contribution < -0.4 is 0 Å². The highest BCUT2D eigenvalue weighted by atomic mass is 32.2. The second-order valence-electron chi connectivity index (χ2n) is 5.97. The second-order valence-corrected chi connectivity index (χ2v) is 7.86. The summed E-state index contributed by atoms with van der Waals surface area (Å²) >= 11 is 0. The zero-order valence-electron chi connectivity index (χ0n) is 12.9. The van der Waals surface area contributed by atoms with Crippen LogP contribution in [-0.2, 0) is 16.6 Å². The quantitative estimate of drug-likeness (QED) is 0.852. The lowest BCUT2D eigenvalue weighted by atomic mass is 10.1. The lowest BCUT2D eigenvalue weighted by Gasteiger charge is -2.22. The maximum atomic E-state index is 12.9. The van der Waals surface area contributed by atoms with Gasteiger partial charge in [0, 0.05) is 25.0 Å². The zero-order valence-corrected chi connectivity index (χ0v) is 13.7. The Morgan fingerprint density at radius 3 is 2.41 bits per heavy atom. The molecule has 1 aromatic heterocycles. The molecule has 1 aliphatic rings. The van der Waals surface area contributed by atoms with Crippen molar-refractivity contribution in [3.63, 3.8) is 0 Å². The third-order valence-corrected chi connectivity index (χ3v) is 5.70. The molecule has 4 nitrogen and oxygen atoms in total. The zero-order chi connectivity index (χ0) is 15.7. The maximum Gasteiger partial charge on any atom is 0.245 e. The standard InChI is InChI=1S/C17H20N2O2S/c1-13-8-14(2)10-15(9-13)12-19(16-5-6-16)22(20,21)17-4-3-7-18-11-17/h3-4,7-11,16H,5-6,12H2,1-2H3. The van der Waals surface area contributed by atoms with Crippen LogP contribution in [0.25, 0.3) is 0 Å². The van der Waals surface area contributed by atoms with Crippen LogP contribution in [0, 0.1) is 13.8 Å². The van der Waals surface area contributed by atoms with Gasteiger partial charge in [-0.1, -0.05) is 29.3 Å². The van der Waals surface area contributed by atoms with E-state index in [0.29, 0.717) is 6.54 Å². The number of aromatic nitrogens is 1. The Labute approximate surface area is 131 Å². The van der Waals surface area contributed by atoms with Crippen molar-refractivity contribution >= 4 is 10.0 Å². The molecule has 1 aliphatic carbocycles. The molecule has 2 aromatic rings. The highest BCUT2D eigenvalue weighted by Crippen LogP contribution is 2.33. The van der Waals surface area contributed by atoms with Crippen molar-refractivity contribution in [2.75, 3.05) is 0 Å². The number of nitrogens with zero attached hydrogens (tertiary/aromatic N) is 2. The SMILES string of the molecule is Cc1cc(C)cc(CN(C2CC2)S(=O)(=O)c2cccnc2)c1. The Morgan fingerprint density at radius 2 is 1.86 bits per heavy atom. The topological polar surface area (TPSA) is 50.3 Å². The summed E-state index contributed by atoms with van der Waals surface area (Å²) in [7, 11) is -3.49. The Balaban J connectivity index is 1.94. The smallest absolute Gasteiger partial charge is 0.245 e. The molecule has 0 unspecified atom stereocenters. The minimum absolute atomic E-state index is 0.117. The average Bonchev–Trinajstić information content (AvgIpc) is 3.29. The number of benzene rings is 1. The van der Waals surface area contributed by atoms with Gasteiger partial charge in [-0.2, -0.15) is 4.31 Å². The molecule has 1 saturated carbocycles. The van der Waals surface area contributed by atoms with E-state index >= 15 is 0 Å². The first-order valence-corrected chi connectivity index (χ1v) is 8.90. The molecule has 5 heteroatoms. The molecule has 1 fully saturated rings. The molecule has 0 N–H and O–H groups in total. The Morgan fingerprint density at radius 1 is 1.18 bits per heavy atom. The van der Waals surface area contributed by atoms with E-state index in [1.807, 2.05) is 13.8 Å². The summed E-state index contributed by atoms with van der Waals surface area (Å²) in [6.45, 7) is 4.49. The van der Waals surface area contributed by atoms with E-state index in [4.69, 9.17) is 0 Å². The molecule has 22 heavy (non-hydrogen) atoms. The van der Waals surface area contributed by atoms with Gasteiger partial charge >= 0.3 is 0 Å². The Bertz CT molecular complexity index is 748. The summed E-state index contributed by atoms with van der Waals surface area (Å²) in [6, 6.07) is 9.60. The van der Waals surface area contributed by atoms with Crippen molar-refractivity contribution in [2.24, 2.45) is 0 Å². The first kappa shape index (κ1) is 15.2. The van der Waals surface area contributed by atoms with Gasteiger partial charge in [0.2, 0.25) is 10.0 Å². The molecule has 0 spiro atoms. The molecule has 0 aliphatic heterocycles. The fourth-order valence-corrected chi connectivity index (χ4v) is 4.39. The van der Waals surface area contributed by atoms with Gasteiger partial charge in [0.25, 0.3) is 0 Å². The average molecular weight is 316 g/mol. The van der Waals surface area contributed by atoms with Crippen LogP contribution in [0.5, 0.6) is 0 Å². The number of hydrogen-bond donors (Lipinski definition) is 0. The predicted molar refractivity (Wildman–Crippen MR) is 85.9 cm³/mol. The summed E-state index contributed by atoms with van der Waals surface area (Å²) in [6.07, 6.45) is 4.88. The first-order chi connectivity index (χ1) is 10.5. The third kappa shape index (κ3) is 3.20. The molecule has 0 atom stereocenters. The number of sulfonamides is 1. The normalized spacial score (nSPS) is 15.2. The van der Waals surface area contributed by atoms with Crippen molar-refractivity contribution in [1.29, 1.82) is 0 Å². The van der Waals surface area contributed by atoms with E-state index in [-0.39, 0.29) is 10.9 Å². The van der Waals surface area contributed by atoms with Gasteiger partial charge in [-0.05, 0) is 44.4 Å². The molecule has 3 rings (SSSR count). The number of pyridine rings is 1. The number of rotatable bonds is 5. The van der Waals surface area contributed by atoms with E-state index < -0.39 is 10.0 Å². The monoisotopic (exact) mass is 316 g/mol. The van der Waals surface area contributed by atoms with Crippen molar-refractivity contribution in [2.45, 2.75) is 44.2 Å². The van der Waals surface area contributed by atoms with Crippen LogP contribution in [0.3, 0.4) is 0 Å². The van der Waals surface area contributed by atoms with Crippen LogP contribution in [0.15, 0.2) is 47.6 Å². The van der Waals surface area contributed by atoms with Gasteiger partial charge in [-0.3, -0.25) is 4.98 Å². The minimum Gasteiger partial charge on any atom is -0.263 e. The molecular weight excluding hydrogens is 296 g/mol. The van der Waals surface area contributed by atoms with Gasteiger partial charge in [0.1, 0.15) is 4.90 Å². The Kier molecular flexibility index (Phi) is 4.02. The van der Waals surface area contributed by atoms with Crippen molar-refractivity contribution in [3.8, 4) is 0 Å². The van der Waals surface area contributed by atoms with Crippen molar-refractivity contribution in [1.82, 2.24) is 9.29 Å². The van der Waals surface area contributed by atoms with Crippen molar-refractivity contribution in [3.05, 3.63) is 59.4 Å². The summed E-state index contributed by atoms with van der Waals surface area (Å²) in [5.74, 6) is 0. The minimum atomic E-state index is -3.49. The van der Waals surface area contributed by atoms with Gasteiger partial charge in [-0.25, -0.2) is 8.42 Å². The fourth-order valence-electron chi connectivity index (χ4n) is 2.75. The molecule has 0 saturated heterocycles. The van der Waals surface area contributed by atoms with Gasteiger partial charge in [0.15, 0.2) is 0 Å². The molecule has 0 amide bonds. The lowest BCUT2D eigenvalue weighted by molar-refractivity contribution is 0.398. The van der Waals surface area contributed by atoms with Gasteiger partial charge in [0.05, 0.1) is 0 Å². The van der Waals surface area contributed by atoms with E-state index in [1.165, 1.54) is 6.20 Å². The maximum absolute atomic E-state index is 12.9. The molecule has 0 radical (unpaired) electrons. The summed E-state index contributed by atoms with van der Waals surface area (Å²) in [4.78, 5) is 4.21. The van der Waals surface area contributed by atoms with Gasteiger partial charge in [-0.15, -0.1) is 0 Å². The Hall–Kier alpha value is -1.72. The van der Waals surface area contributed by atoms with Crippen molar-refractivity contribution < 1.29 is 8.42 Å². The molecule has 1 heterocycles. The molecule has 116 valence electrons. The van der Waals surface area contributed by atoms with Gasteiger partial charge < -0.3 is 0 Å². The van der Waals surface area contributed by atoms with Crippen LogP contribution in [-0.4, -0.2) is 23.7 Å². The molecular formula is C17H20N2O2S. The van der Waals surface area contributed by atoms with E-state index in [0.717, 1.165) is 29.5 Å². The van der Waals surface area contributed by atoms with Crippen LogP contribution in [0.1, 0.15) is 29.5 Å². The van der Waals surface area contributed by atoms with E-state index in [9.17, 15) is 8.42 Å². The highest BCUT2D eigenvalue weighted by Gasteiger charge is 2.38. The summed E-state index contributed by atoms with van der Waals surface area (Å²) in [5, 5.41) is 0. The number of hydrogen-bond acceptors (Lipinski definition) is 3. The molecule has 0 bridgehead atoms. The van der Waals surface area contributed by atoms with Crippen LogP contribution in [0.4, 0.5) is 0 Å². The van der Waals surface area contributed by atoms with E-state index in [1.54, 1.807) is 22.6 Å². The predicted octanol–water partition coefficient (Wildman–Crippen LogP) is 3.05. The lowest BCUT2D eigenvalue weighted by Crippen LogP contribution is -2.32. The summed E-state index contributed by atoms with van der Waals surface area (Å²) < 4.78 is 27.4. The highest BCUT2D eigenvalue weighted by molar-refractivity contribution is 7.89. The van der Waals surface area contributed by atoms with E-state index in [2.05, 4.69) is 23.2 Å². The summed E-state index contributed by atoms with van der Waals surface area (Å²) in [5.41, 5.74) is 3.35. The largest absolute Gasteiger partial charge is 0.263 e. The first-order valence-electron chi connectivity index (χ1n) is 7.46. The fraction of sp³-hybridized carbons (Fsp3) is 0.353. The van der Waals surface area contributed by atoms with Crippen LogP contribution in [0.2, 0.25) is 0 Å².